The van der Waals surface area contributed by atoms with E-state index in [1.54, 1.807) is 0 Å². The van der Waals surface area contributed by atoms with Gasteiger partial charge in [0.05, 0.1) is 0 Å². The Morgan fingerprint density at radius 3 is 1.92 bits per heavy atom. The first-order valence-electron chi connectivity index (χ1n) is 9.53. The summed E-state index contributed by atoms with van der Waals surface area (Å²) in [6, 6.07) is 10.7. The monoisotopic (exact) mass is 343 g/mol. The van der Waals surface area contributed by atoms with E-state index >= 15 is 0 Å². The number of nitrogens with zero attached hydrogens (tertiary/aromatic N) is 1. The average molecular weight is 343 g/mol. The summed E-state index contributed by atoms with van der Waals surface area (Å²) in [4.78, 5) is 15.7. The van der Waals surface area contributed by atoms with Gasteiger partial charge in [0.25, 0.3) is 0 Å². The van der Waals surface area contributed by atoms with E-state index in [1.165, 1.54) is 17.4 Å². The summed E-state index contributed by atoms with van der Waals surface area (Å²) in [5, 5.41) is 0. The second kappa shape index (κ2) is 8.15. The minimum Gasteiger partial charge on any atom is -0.335 e. The molecular formula is C24H25NO. The van der Waals surface area contributed by atoms with E-state index in [9.17, 15) is 4.79 Å². The van der Waals surface area contributed by atoms with E-state index in [0.717, 1.165) is 19.3 Å². The fourth-order valence-corrected chi connectivity index (χ4v) is 4.30. The maximum atomic E-state index is 13.5. The molecule has 2 heteroatoms. The molecule has 26 heavy (non-hydrogen) atoms. The fourth-order valence-electron chi connectivity index (χ4n) is 4.30. The molecule has 0 N–H and O–H groups in total. The number of hydrogen-bond donors (Lipinski definition) is 0. The van der Waals surface area contributed by atoms with E-state index in [2.05, 4.69) is 75.3 Å². The van der Waals surface area contributed by atoms with Gasteiger partial charge in [-0.15, -0.1) is 0 Å². The highest BCUT2D eigenvalue weighted by atomic mass is 16.2. The van der Waals surface area contributed by atoms with Crippen LogP contribution in [0.15, 0.2) is 30.3 Å². The SMILES string of the molecule is C[C@H](Cc1ccccc1)C(=O)N1[C@@H]([C]2[CH][CH][CH][CH]2)CC[C@@H]1[C]1[CH][CH][CH][CH]1. The molecule has 0 bridgehead atoms. The molecule has 1 aliphatic heterocycles. The molecule has 1 aromatic rings. The van der Waals surface area contributed by atoms with Crippen molar-refractivity contribution in [2.75, 3.05) is 0 Å². The summed E-state index contributed by atoms with van der Waals surface area (Å²) in [7, 11) is 0. The Morgan fingerprint density at radius 1 is 0.923 bits per heavy atom. The predicted octanol–water partition coefficient (Wildman–Crippen LogP) is 4.04. The maximum Gasteiger partial charge on any atom is 0.226 e. The first-order chi connectivity index (χ1) is 12.7. The van der Waals surface area contributed by atoms with Crippen molar-refractivity contribution >= 4 is 5.91 Å². The number of carbonyl (C=O) groups excluding carboxylic acids is 1. The standard InChI is InChI=1S/C24H25NO/c1-18(17-19-9-3-2-4-10-19)24(26)25-22(20-11-5-6-12-20)15-16-23(25)21-13-7-8-14-21/h2-14,18,22-23H,15-17H2,1H3/t18-,22-,23-/m1/s1. The minimum atomic E-state index is -0.0228. The Kier molecular flexibility index (Phi) is 5.66. The highest BCUT2D eigenvalue weighted by molar-refractivity contribution is 5.81. The Labute approximate surface area is 159 Å². The molecular weight excluding hydrogens is 318 g/mol. The van der Waals surface area contributed by atoms with Gasteiger partial charge in [0.2, 0.25) is 5.91 Å². The van der Waals surface area contributed by atoms with E-state index < -0.39 is 0 Å². The fraction of sp³-hybridized carbons (Fsp3) is 0.292. The third kappa shape index (κ3) is 3.70. The minimum absolute atomic E-state index is 0.0228. The quantitative estimate of drug-likeness (QED) is 0.790. The molecule has 2 saturated carbocycles. The van der Waals surface area contributed by atoms with Gasteiger partial charge >= 0.3 is 0 Å². The van der Waals surface area contributed by atoms with Crippen LogP contribution in [0.2, 0.25) is 0 Å². The molecule has 1 amide bonds. The second-order valence-electron chi connectivity index (χ2n) is 7.38. The second-order valence-corrected chi connectivity index (χ2v) is 7.38. The Hall–Kier alpha value is -1.31. The van der Waals surface area contributed by atoms with Gasteiger partial charge in [-0.2, -0.15) is 0 Å². The molecule has 1 saturated heterocycles. The molecule has 10 radical (unpaired) electrons. The molecule has 1 aromatic carbocycles. The average Bonchev–Trinajstić information content (AvgIpc) is 3.41. The van der Waals surface area contributed by atoms with Crippen molar-refractivity contribution in [2.24, 2.45) is 5.92 Å². The van der Waals surface area contributed by atoms with Crippen LogP contribution in [-0.2, 0) is 11.2 Å². The van der Waals surface area contributed by atoms with Crippen LogP contribution in [0.3, 0.4) is 0 Å². The lowest BCUT2D eigenvalue weighted by Crippen LogP contribution is -2.48. The smallest absolute Gasteiger partial charge is 0.226 e. The van der Waals surface area contributed by atoms with Gasteiger partial charge in [-0.3, -0.25) is 4.79 Å². The first kappa shape index (κ1) is 18.1. The maximum absolute atomic E-state index is 13.5. The summed E-state index contributed by atoms with van der Waals surface area (Å²) < 4.78 is 0. The molecule has 1 heterocycles. The van der Waals surface area contributed by atoms with E-state index in [-0.39, 0.29) is 23.9 Å². The van der Waals surface area contributed by atoms with Gasteiger partial charge < -0.3 is 4.90 Å². The molecule has 2 aliphatic carbocycles. The van der Waals surface area contributed by atoms with Gasteiger partial charge in [-0.05, 0) is 76.2 Å². The van der Waals surface area contributed by atoms with E-state index in [4.69, 9.17) is 0 Å². The number of hydrogen-bond acceptors (Lipinski definition) is 1. The summed E-state index contributed by atoms with van der Waals surface area (Å²) in [6.07, 6.45) is 19.7. The molecule has 3 fully saturated rings. The molecule has 3 atom stereocenters. The Balaban J connectivity index is 1.51. The van der Waals surface area contributed by atoms with Crippen molar-refractivity contribution in [1.29, 1.82) is 0 Å². The summed E-state index contributed by atoms with van der Waals surface area (Å²) >= 11 is 0. The highest BCUT2D eigenvalue weighted by Gasteiger charge is 2.46. The molecule has 132 valence electrons. The Bertz CT molecular complexity index is 561. The van der Waals surface area contributed by atoms with Crippen molar-refractivity contribution in [1.82, 2.24) is 4.90 Å². The zero-order chi connectivity index (χ0) is 17.9. The molecule has 0 unspecified atom stereocenters. The van der Waals surface area contributed by atoms with Crippen molar-refractivity contribution in [3.63, 3.8) is 0 Å². The van der Waals surface area contributed by atoms with E-state index in [0.29, 0.717) is 0 Å². The van der Waals surface area contributed by atoms with Gasteiger partial charge in [-0.1, -0.05) is 37.3 Å². The van der Waals surface area contributed by atoms with Crippen LogP contribution in [-0.4, -0.2) is 22.9 Å². The first-order valence-corrected chi connectivity index (χ1v) is 9.53. The van der Waals surface area contributed by atoms with Gasteiger partial charge in [0.15, 0.2) is 0 Å². The summed E-state index contributed by atoms with van der Waals surface area (Å²) in [5.41, 5.74) is 1.22. The number of carbonyl (C=O) groups is 1. The number of rotatable bonds is 5. The number of likely N-dealkylation sites (tertiary alicyclic amines) is 1. The highest BCUT2D eigenvalue weighted by Crippen LogP contribution is 2.43. The number of benzene rings is 1. The van der Waals surface area contributed by atoms with Crippen molar-refractivity contribution in [3.8, 4) is 0 Å². The van der Waals surface area contributed by atoms with Crippen LogP contribution in [0.1, 0.15) is 25.3 Å². The van der Waals surface area contributed by atoms with Crippen LogP contribution < -0.4 is 0 Å². The van der Waals surface area contributed by atoms with Crippen LogP contribution >= 0.6 is 0 Å². The molecule has 4 rings (SSSR count). The zero-order valence-corrected chi connectivity index (χ0v) is 15.2. The van der Waals surface area contributed by atoms with Gasteiger partial charge in [-0.25, -0.2) is 0 Å². The summed E-state index contributed by atoms with van der Waals surface area (Å²) in [6.45, 7) is 2.07. The van der Waals surface area contributed by atoms with Gasteiger partial charge in [0.1, 0.15) is 0 Å². The van der Waals surface area contributed by atoms with Crippen molar-refractivity contribution in [3.05, 3.63) is 99.1 Å². The predicted molar refractivity (Wildman–Crippen MR) is 104 cm³/mol. The van der Waals surface area contributed by atoms with Crippen LogP contribution in [0.5, 0.6) is 0 Å². The van der Waals surface area contributed by atoms with E-state index in [1.807, 2.05) is 18.2 Å². The Morgan fingerprint density at radius 2 is 1.42 bits per heavy atom. The van der Waals surface area contributed by atoms with Crippen molar-refractivity contribution < 1.29 is 4.79 Å². The van der Waals surface area contributed by atoms with Crippen LogP contribution in [0.4, 0.5) is 0 Å². The van der Waals surface area contributed by atoms with Crippen molar-refractivity contribution in [2.45, 2.75) is 38.3 Å². The molecule has 0 aromatic heterocycles. The largest absolute Gasteiger partial charge is 0.335 e. The topological polar surface area (TPSA) is 20.3 Å². The molecule has 2 nitrogen and oxygen atoms in total. The zero-order valence-electron chi connectivity index (χ0n) is 15.2. The lowest BCUT2D eigenvalue weighted by atomic mass is 9.93. The molecule has 0 spiro atoms. The summed E-state index contributed by atoms with van der Waals surface area (Å²) in [5.74, 6) is 2.77. The molecule has 3 aliphatic rings. The van der Waals surface area contributed by atoms with Gasteiger partial charge in [0, 0.05) is 29.8 Å². The lowest BCUT2D eigenvalue weighted by Gasteiger charge is -2.37. The normalized spacial score (nSPS) is 28.7. The van der Waals surface area contributed by atoms with Crippen LogP contribution in [0, 0.1) is 69.1 Å². The third-order valence-electron chi connectivity index (χ3n) is 5.59. The lowest BCUT2D eigenvalue weighted by molar-refractivity contribution is -0.137. The third-order valence-corrected chi connectivity index (χ3v) is 5.59. The number of amides is 1. The van der Waals surface area contributed by atoms with Crippen LogP contribution in [0.25, 0.3) is 0 Å².